The molecular formula is C26H32ClN3O3. The van der Waals surface area contributed by atoms with Gasteiger partial charge in [-0.15, -0.1) is 0 Å². The standard InChI is InChI=1S/C26H32ClN3O3/c1-3-32-18-22(31)16-29(15-20-13-14-20)17-23-19(2)28-30(21-9-5-4-6-10-21)26(23)33-25-12-8-7-11-24(25)27/h4-12,20,22,31H,3,13-18H2,1-2H3/t22-/m0/s1. The Morgan fingerprint density at radius 3 is 2.58 bits per heavy atom. The number of nitrogens with zero attached hydrogens (tertiary/aromatic N) is 3. The highest BCUT2D eigenvalue weighted by atomic mass is 35.5. The Kier molecular flexibility index (Phi) is 8.04. The summed E-state index contributed by atoms with van der Waals surface area (Å²) >= 11 is 6.42. The van der Waals surface area contributed by atoms with Gasteiger partial charge in [0.1, 0.15) is 5.75 Å². The molecule has 1 aromatic heterocycles. The number of para-hydroxylation sites is 2. The molecule has 1 aliphatic rings. The van der Waals surface area contributed by atoms with Gasteiger partial charge in [-0.2, -0.15) is 5.10 Å². The molecule has 1 atom stereocenters. The first-order valence-corrected chi connectivity index (χ1v) is 12.0. The molecule has 0 bridgehead atoms. The third-order valence-electron chi connectivity index (χ3n) is 5.76. The normalized spacial score (nSPS) is 14.6. The summed E-state index contributed by atoms with van der Waals surface area (Å²) in [4.78, 5) is 2.29. The van der Waals surface area contributed by atoms with E-state index in [-0.39, 0.29) is 0 Å². The summed E-state index contributed by atoms with van der Waals surface area (Å²) in [5.74, 6) is 1.91. The monoisotopic (exact) mass is 469 g/mol. The molecule has 1 N–H and O–H groups in total. The fourth-order valence-electron chi connectivity index (χ4n) is 3.90. The molecule has 0 amide bonds. The molecule has 0 saturated heterocycles. The van der Waals surface area contributed by atoms with E-state index in [1.54, 1.807) is 0 Å². The lowest BCUT2D eigenvalue weighted by atomic mass is 10.2. The van der Waals surface area contributed by atoms with Crippen LogP contribution in [0, 0.1) is 12.8 Å². The van der Waals surface area contributed by atoms with E-state index in [9.17, 15) is 5.11 Å². The zero-order chi connectivity index (χ0) is 23.2. The van der Waals surface area contributed by atoms with Gasteiger partial charge in [-0.05, 0) is 56.9 Å². The Morgan fingerprint density at radius 1 is 1.15 bits per heavy atom. The van der Waals surface area contributed by atoms with Crippen molar-refractivity contribution in [1.29, 1.82) is 0 Å². The van der Waals surface area contributed by atoms with E-state index < -0.39 is 6.10 Å². The van der Waals surface area contributed by atoms with Crippen LogP contribution in [0.4, 0.5) is 0 Å². The molecule has 0 spiro atoms. The topological polar surface area (TPSA) is 59.8 Å². The van der Waals surface area contributed by atoms with Crippen LogP contribution >= 0.6 is 11.6 Å². The van der Waals surface area contributed by atoms with Gasteiger partial charge in [0.2, 0.25) is 5.88 Å². The number of hydrogen-bond acceptors (Lipinski definition) is 5. The summed E-state index contributed by atoms with van der Waals surface area (Å²) in [6.07, 6.45) is 1.94. The lowest BCUT2D eigenvalue weighted by Gasteiger charge is -2.25. The van der Waals surface area contributed by atoms with E-state index in [0.717, 1.165) is 23.5 Å². The zero-order valence-electron chi connectivity index (χ0n) is 19.3. The number of ether oxygens (including phenoxy) is 2. The van der Waals surface area contributed by atoms with Crippen LogP contribution in [-0.2, 0) is 11.3 Å². The number of aromatic nitrogens is 2. The smallest absolute Gasteiger partial charge is 0.227 e. The van der Waals surface area contributed by atoms with Gasteiger partial charge in [0.25, 0.3) is 0 Å². The molecule has 1 heterocycles. The van der Waals surface area contributed by atoms with Crippen molar-refractivity contribution >= 4 is 11.6 Å². The van der Waals surface area contributed by atoms with Crippen LogP contribution in [0.1, 0.15) is 31.0 Å². The highest BCUT2D eigenvalue weighted by molar-refractivity contribution is 6.32. The maximum atomic E-state index is 10.5. The number of benzene rings is 2. The van der Waals surface area contributed by atoms with E-state index in [0.29, 0.717) is 48.9 Å². The Morgan fingerprint density at radius 2 is 1.88 bits per heavy atom. The van der Waals surface area contributed by atoms with Crippen LogP contribution < -0.4 is 4.74 Å². The molecule has 4 rings (SSSR count). The highest BCUT2D eigenvalue weighted by Gasteiger charge is 2.28. The molecule has 176 valence electrons. The molecule has 0 unspecified atom stereocenters. The number of rotatable bonds is 12. The van der Waals surface area contributed by atoms with Crippen molar-refractivity contribution in [2.75, 3.05) is 26.3 Å². The molecule has 1 fully saturated rings. The predicted octanol–water partition coefficient (Wildman–Crippen LogP) is 5.24. The SMILES string of the molecule is CCOC[C@@H](O)CN(Cc1c(C)nn(-c2ccccc2)c1Oc1ccccc1Cl)CC1CC1. The van der Waals surface area contributed by atoms with Gasteiger partial charge in [-0.25, -0.2) is 4.68 Å². The molecule has 2 aromatic carbocycles. The van der Waals surface area contributed by atoms with E-state index in [1.807, 2.05) is 73.1 Å². The average molecular weight is 470 g/mol. The summed E-state index contributed by atoms with van der Waals surface area (Å²) < 4.78 is 13.7. The zero-order valence-corrected chi connectivity index (χ0v) is 20.0. The van der Waals surface area contributed by atoms with Crippen LogP contribution in [0.2, 0.25) is 5.02 Å². The van der Waals surface area contributed by atoms with Crippen molar-refractivity contribution in [3.63, 3.8) is 0 Å². The minimum atomic E-state index is -0.541. The van der Waals surface area contributed by atoms with Crippen LogP contribution in [0.5, 0.6) is 11.6 Å². The first-order valence-electron chi connectivity index (χ1n) is 11.6. The molecule has 0 radical (unpaired) electrons. The van der Waals surface area contributed by atoms with Crippen molar-refractivity contribution in [1.82, 2.24) is 14.7 Å². The van der Waals surface area contributed by atoms with E-state index in [1.165, 1.54) is 12.8 Å². The van der Waals surface area contributed by atoms with Crippen molar-refractivity contribution in [3.05, 3.63) is 70.9 Å². The first-order chi connectivity index (χ1) is 16.0. The maximum absolute atomic E-state index is 10.5. The Hall–Kier alpha value is -2.38. The third kappa shape index (κ3) is 6.36. The number of aliphatic hydroxyl groups excluding tert-OH is 1. The van der Waals surface area contributed by atoms with Gasteiger partial charge in [-0.3, -0.25) is 4.90 Å². The second kappa shape index (κ2) is 11.2. The quantitative estimate of drug-likeness (QED) is 0.393. The van der Waals surface area contributed by atoms with Crippen molar-refractivity contribution in [2.24, 2.45) is 5.92 Å². The molecule has 6 nitrogen and oxygen atoms in total. The summed E-state index contributed by atoms with van der Waals surface area (Å²) in [5.41, 5.74) is 2.79. The van der Waals surface area contributed by atoms with Crippen LogP contribution in [0.25, 0.3) is 5.69 Å². The minimum Gasteiger partial charge on any atom is -0.437 e. The summed E-state index contributed by atoms with van der Waals surface area (Å²) in [5, 5.41) is 15.9. The van der Waals surface area contributed by atoms with Gasteiger partial charge in [0.15, 0.2) is 0 Å². The maximum Gasteiger partial charge on any atom is 0.227 e. The molecule has 0 aliphatic heterocycles. The Balaban J connectivity index is 1.66. The third-order valence-corrected chi connectivity index (χ3v) is 6.07. The second-order valence-electron chi connectivity index (χ2n) is 8.60. The van der Waals surface area contributed by atoms with E-state index in [4.69, 9.17) is 26.2 Å². The highest BCUT2D eigenvalue weighted by Crippen LogP contribution is 2.36. The summed E-state index contributed by atoms with van der Waals surface area (Å²) in [6.45, 7) is 6.97. The number of aliphatic hydroxyl groups is 1. The molecule has 1 aliphatic carbocycles. The molecule has 1 saturated carbocycles. The lowest BCUT2D eigenvalue weighted by Crippen LogP contribution is -2.36. The van der Waals surface area contributed by atoms with Crippen molar-refractivity contribution in [3.8, 4) is 17.3 Å². The summed E-state index contributed by atoms with van der Waals surface area (Å²) in [7, 11) is 0. The predicted molar refractivity (Wildman–Crippen MR) is 130 cm³/mol. The Labute approximate surface area is 200 Å². The van der Waals surface area contributed by atoms with Gasteiger partial charge in [0.05, 0.1) is 34.7 Å². The van der Waals surface area contributed by atoms with E-state index >= 15 is 0 Å². The minimum absolute atomic E-state index is 0.336. The van der Waals surface area contributed by atoms with Crippen molar-refractivity contribution in [2.45, 2.75) is 39.3 Å². The molecular weight excluding hydrogens is 438 g/mol. The lowest BCUT2D eigenvalue weighted by molar-refractivity contribution is 0.0186. The average Bonchev–Trinajstić information content (AvgIpc) is 3.58. The fourth-order valence-corrected chi connectivity index (χ4v) is 4.07. The van der Waals surface area contributed by atoms with Crippen LogP contribution in [0.3, 0.4) is 0 Å². The molecule has 7 heteroatoms. The van der Waals surface area contributed by atoms with Gasteiger partial charge < -0.3 is 14.6 Å². The molecule has 33 heavy (non-hydrogen) atoms. The Bertz CT molecular complexity index is 1040. The number of hydrogen-bond donors (Lipinski definition) is 1. The number of halogens is 1. The van der Waals surface area contributed by atoms with Gasteiger partial charge in [0, 0.05) is 26.2 Å². The van der Waals surface area contributed by atoms with Crippen LogP contribution in [-0.4, -0.2) is 52.2 Å². The van der Waals surface area contributed by atoms with Crippen LogP contribution in [0.15, 0.2) is 54.6 Å². The van der Waals surface area contributed by atoms with Gasteiger partial charge >= 0.3 is 0 Å². The second-order valence-corrected chi connectivity index (χ2v) is 9.01. The largest absolute Gasteiger partial charge is 0.437 e. The van der Waals surface area contributed by atoms with E-state index in [2.05, 4.69) is 4.90 Å². The fraction of sp³-hybridized carbons (Fsp3) is 0.423. The number of aryl methyl sites for hydroxylation is 1. The molecule has 3 aromatic rings. The van der Waals surface area contributed by atoms with Gasteiger partial charge in [-0.1, -0.05) is 41.9 Å². The van der Waals surface area contributed by atoms with Crippen molar-refractivity contribution < 1.29 is 14.6 Å². The summed E-state index contributed by atoms with van der Waals surface area (Å²) in [6, 6.07) is 17.4. The first kappa shape index (κ1) is 23.8.